The molecule has 0 unspecified atom stereocenters. The van der Waals surface area contributed by atoms with Gasteiger partial charge in [0.15, 0.2) is 0 Å². The van der Waals surface area contributed by atoms with E-state index in [1.807, 2.05) is 6.92 Å². The van der Waals surface area contributed by atoms with Crippen LogP contribution in [0.3, 0.4) is 0 Å². The molecular weight excluding hydrogens is 236 g/mol. The number of halogens is 1. The third-order valence-electron chi connectivity index (χ3n) is 1.66. The van der Waals surface area contributed by atoms with Crippen LogP contribution in [0.4, 0.5) is 0 Å². The first-order valence-corrected chi connectivity index (χ1v) is 5.32. The van der Waals surface area contributed by atoms with Gasteiger partial charge in [-0.05, 0) is 6.92 Å². The fourth-order valence-corrected chi connectivity index (χ4v) is 1.21. The number of hydrogen-bond acceptors (Lipinski definition) is 2. The van der Waals surface area contributed by atoms with Gasteiger partial charge in [-0.2, -0.15) is 0 Å². The standard InChI is InChI=1S/C8H15BrN2O2/c1-3-11(6-7(12)10-2)8(13)4-5-9/h3-6H2,1-2H3,(H,10,12). The van der Waals surface area contributed by atoms with Crippen LogP contribution in [0.25, 0.3) is 0 Å². The molecule has 0 fully saturated rings. The first-order chi connectivity index (χ1) is 6.15. The Morgan fingerprint density at radius 2 is 2.08 bits per heavy atom. The van der Waals surface area contributed by atoms with Crippen molar-refractivity contribution in [1.29, 1.82) is 0 Å². The van der Waals surface area contributed by atoms with E-state index >= 15 is 0 Å². The average Bonchev–Trinajstić information content (AvgIpc) is 2.14. The van der Waals surface area contributed by atoms with E-state index in [9.17, 15) is 9.59 Å². The molecule has 4 nitrogen and oxygen atoms in total. The van der Waals surface area contributed by atoms with Crippen LogP contribution in [0.5, 0.6) is 0 Å². The molecule has 0 aromatic rings. The maximum absolute atomic E-state index is 11.3. The quantitative estimate of drug-likeness (QED) is 0.717. The van der Waals surface area contributed by atoms with Crippen molar-refractivity contribution in [2.75, 3.05) is 25.5 Å². The summed E-state index contributed by atoms with van der Waals surface area (Å²) in [5, 5.41) is 3.12. The van der Waals surface area contributed by atoms with Crippen LogP contribution < -0.4 is 5.32 Å². The highest BCUT2D eigenvalue weighted by molar-refractivity contribution is 9.09. The molecule has 0 radical (unpaired) electrons. The summed E-state index contributed by atoms with van der Waals surface area (Å²) in [7, 11) is 1.56. The highest BCUT2D eigenvalue weighted by Gasteiger charge is 2.13. The zero-order chi connectivity index (χ0) is 10.3. The Labute approximate surface area is 86.8 Å². The number of amides is 2. The van der Waals surface area contributed by atoms with E-state index in [0.29, 0.717) is 18.3 Å². The van der Waals surface area contributed by atoms with Crippen LogP contribution in [-0.4, -0.2) is 42.2 Å². The van der Waals surface area contributed by atoms with Gasteiger partial charge in [0.25, 0.3) is 0 Å². The molecule has 0 aliphatic heterocycles. The zero-order valence-corrected chi connectivity index (χ0v) is 9.56. The van der Waals surface area contributed by atoms with Crippen LogP contribution in [0.2, 0.25) is 0 Å². The van der Waals surface area contributed by atoms with E-state index in [1.54, 1.807) is 7.05 Å². The molecule has 0 atom stereocenters. The molecule has 0 aliphatic carbocycles. The molecule has 0 aromatic carbocycles. The number of alkyl halides is 1. The summed E-state index contributed by atoms with van der Waals surface area (Å²) in [6.07, 6.45) is 0.435. The largest absolute Gasteiger partial charge is 0.358 e. The maximum atomic E-state index is 11.3. The number of carbonyl (C=O) groups excluding carboxylic acids is 2. The van der Waals surface area contributed by atoms with Gasteiger partial charge in [0.2, 0.25) is 11.8 Å². The predicted molar refractivity (Wildman–Crippen MR) is 54.7 cm³/mol. The first kappa shape index (κ1) is 12.4. The lowest BCUT2D eigenvalue weighted by atomic mass is 10.3. The SMILES string of the molecule is CCN(CC(=O)NC)C(=O)CCBr. The third-order valence-corrected chi connectivity index (χ3v) is 2.05. The van der Waals surface area contributed by atoms with Gasteiger partial charge in [-0.15, -0.1) is 0 Å². The number of rotatable bonds is 5. The number of carbonyl (C=O) groups is 2. The third kappa shape index (κ3) is 4.87. The molecular formula is C8H15BrN2O2. The second-order valence-corrected chi connectivity index (χ2v) is 3.31. The van der Waals surface area contributed by atoms with E-state index in [0.717, 1.165) is 0 Å². The lowest BCUT2D eigenvalue weighted by Crippen LogP contribution is -2.39. The summed E-state index contributed by atoms with van der Waals surface area (Å²) in [5.74, 6) is -0.132. The van der Waals surface area contributed by atoms with E-state index in [2.05, 4.69) is 21.2 Å². The molecule has 1 N–H and O–H groups in total. The lowest BCUT2D eigenvalue weighted by molar-refractivity contribution is -0.135. The molecule has 2 amide bonds. The molecule has 0 aromatic heterocycles. The van der Waals surface area contributed by atoms with E-state index < -0.39 is 0 Å². The topological polar surface area (TPSA) is 49.4 Å². The number of likely N-dealkylation sites (N-methyl/N-ethyl adjacent to an activating group) is 2. The molecule has 0 rings (SSSR count). The lowest BCUT2D eigenvalue weighted by Gasteiger charge is -2.19. The first-order valence-electron chi connectivity index (χ1n) is 4.20. The molecule has 0 bridgehead atoms. The van der Waals surface area contributed by atoms with Gasteiger partial charge in [-0.1, -0.05) is 15.9 Å². The summed E-state index contributed by atoms with van der Waals surface area (Å²) in [4.78, 5) is 23.8. The average molecular weight is 251 g/mol. The summed E-state index contributed by atoms with van der Waals surface area (Å²) in [5.41, 5.74) is 0. The Morgan fingerprint density at radius 1 is 1.46 bits per heavy atom. The van der Waals surface area contributed by atoms with E-state index in [-0.39, 0.29) is 18.4 Å². The van der Waals surface area contributed by atoms with Gasteiger partial charge in [0.05, 0.1) is 6.54 Å². The molecule has 0 spiro atoms. The summed E-state index contributed by atoms with van der Waals surface area (Å²) >= 11 is 3.18. The van der Waals surface area contributed by atoms with Crippen LogP contribution >= 0.6 is 15.9 Å². The number of nitrogens with one attached hydrogen (secondary N) is 1. The van der Waals surface area contributed by atoms with Gasteiger partial charge < -0.3 is 10.2 Å². The summed E-state index contributed by atoms with van der Waals surface area (Å²) in [6, 6.07) is 0. The maximum Gasteiger partial charge on any atom is 0.239 e. The highest BCUT2D eigenvalue weighted by Crippen LogP contribution is 1.96. The Bertz CT molecular complexity index is 185. The molecule has 13 heavy (non-hydrogen) atoms. The van der Waals surface area contributed by atoms with Crippen LogP contribution in [0.1, 0.15) is 13.3 Å². The van der Waals surface area contributed by atoms with Crippen molar-refractivity contribution < 1.29 is 9.59 Å². The predicted octanol–water partition coefficient (Wildman–Crippen LogP) is 0.366. The number of hydrogen-bond donors (Lipinski definition) is 1. The van der Waals surface area contributed by atoms with Gasteiger partial charge in [0, 0.05) is 25.3 Å². The fraction of sp³-hybridized carbons (Fsp3) is 0.750. The van der Waals surface area contributed by atoms with Crippen LogP contribution in [-0.2, 0) is 9.59 Å². The molecule has 5 heteroatoms. The van der Waals surface area contributed by atoms with Crippen LogP contribution in [0.15, 0.2) is 0 Å². The minimum atomic E-state index is -0.134. The fourth-order valence-electron chi connectivity index (χ4n) is 0.868. The van der Waals surface area contributed by atoms with Gasteiger partial charge >= 0.3 is 0 Å². The van der Waals surface area contributed by atoms with Crippen molar-refractivity contribution in [2.24, 2.45) is 0 Å². The van der Waals surface area contributed by atoms with Crippen molar-refractivity contribution in [3.05, 3.63) is 0 Å². The minimum absolute atomic E-state index is 0.00275. The molecule has 76 valence electrons. The van der Waals surface area contributed by atoms with Gasteiger partial charge in [-0.25, -0.2) is 0 Å². The van der Waals surface area contributed by atoms with Crippen molar-refractivity contribution in [2.45, 2.75) is 13.3 Å². The molecule has 0 saturated carbocycles. The second-order valence-electron chi connectivity index (χ2n) is 2.52. The Balaban J connectivity index is 4.01. The van der Waals surface area contributed by atoms with Crippen molar-refractivity contribution in [3.63, 3.8) is 0 Å². The van der Waals surface area contributed by atoms with Gasteiger partial charge in [-0.3, -0.25) is 9.59 Å². The molecule has 0 aliphatic rings. The van der Waals surface area contributed by atoms with Gasteiger partial charge in [0.1, 0.15) is 0 Å². The normalized spacial score (nSPS) is 9.46. The van der Waals surface area contributed by atoms with E-state index in [1.165, 1.54) is 4.90 Å². The molecule has 0 heterocycles. The van der Waals surface area contributed by atoms with Crippen LogP contribution in [0, 0.1) is 0 Å². The Hall–Kier alpha value is -0.580. The van der Waals surface area contributed by atoms with Crippen molar-refractivity contribution in [1.82, 2.24) is 10.2 Å². The monoisotopic (exact) mass is 250 g/mol. The highest BCUT2D eigenvalue weighted by atomic mass is 79.9. The summed E-state index contributed by atoms with van der Waals surface area (Å²) < 4.78 is 0. The summed E-state index contributed by atoms with van der Waals surface area (Å²) in [6.45, 7) is 2.58. The zero-order valence-electron chi connectivity index (χ0n) is 7.97. The Kier molecular flexibility index (Phi) is 6.58. The Morgan fingerprint density at radius 3 is 2.46 bits per heavy atom. The molecule has 0 saturated heterocycles. The smallest absolute Gasteiger partial charge is 0.239 e. The number of nitrogens with zero attached hydrogens (tertiary/aromatic N) is 1. The minimum Gasteiger partial charge on any atom is -0.358 e. The van der Waals surface area contributed by atoms with Crippen molar-refractivity contribution >= 4 is 27.7 Å². The van der Waals surface area contributed by atoms with E-state index in [4.69, 9.17) is 0 Å². The second kappa shape index (κ2) is 6.88. The van der Waals surface area contributed by atoms with Crippen molar-refractivity contribution in [3.8, 4) is 0 Å².